The van der Waals surface area contributed by atoms with Crippen LogP contribution in [0.1, 0.15) is 38.7 Å². The molecule has 1 rings (SSSR count). The predicted octanol–water partition coefficient (Wildman–Crippen LogP) is 4.27. The number of nitriles is 1. The third-order valence-corrected chi connectivity index (χ3v) is 2.97. The Labute approximate surface area is 109 Å². The van der Waals surface area contributed by atoms with Crippen molar-refractivity contribution in [2.24, 2.45) is 5.41 Å². The summed E-state index contributed by atoms with van der Waals surface area (Å²) in [7, 11) is 0. The van der Waals surface area contributed by atoms with Crippen molar-refractivity contribution < 1.29 is 4.39 Å². The Balaban J connectivity index is 2.29. The quantitative estimate of drug-likeness (QED) is 0.763. The molecule has 0 saturated heterocycles. The van der Waals surface area contributed by atoms with Gasteiger partial charge in [0.2, 0.25) is 0 Å². The second kappa shape index (κ2) is 6.39. The van der Waals surface area contributed by atoms with Gasteiger partial charge < -0.3 is 5.32 Å². The first-order valence-electron chi connectivity index (χ1n) is 6.36. The summed E-state index contributed by atoms with van der Waals surface area (Å²) in [5.41, 5.74) is 1.23. The second-order valence-electron chi connectivity index (χ2n) is 5.36. The first-order valence-corrected chi connectivity index (χ1v) is 6.36. The van der Waals surface area contributed by atoms with Crippen molar-refractivity contribution in [3.05, 3.63) is 29.6 Å². The number of hydrogen-bond donors (Lipinski definition) is 1. The van der Waals surface area contributed by atoms with E-state index in [1.54, 1.807) is 6.07 Å². The lowest BCUT2D eigenvalue weighted by Gasteiger charge is -2.14. The molecule has 0 aliphatic carbocycles. The fourth-order valence-corrected chi connectivity index (χ4v) is 1.73. The van der Waals surface area contributed by atoms with Crippen molar-refractivity contribution >= 4 is 5.69 Å². The molecule has 0 heterocycles. The number of nitrogens with one attached hydrogen (secondary N) is 1. The monoisotopic (exact) mass is 248 g/mol. The summed E-state index contributed by atoms with van der Waals surface area (Å²) < 4.78 is 13.5. The Hall–Kier alpha value is -1.56. The molecule has 0 atom stereocenters. The van der Waals surface area contributed by atoms with E-state index in [-0.39, 0.29) is 11.2 Å². The lowest BCUT2D eigenvalue weighted by atomic mass is 9.89. The van der Waals surface area contributed by atoms with Crippen LogP contribution in [0, 0.1) is 29.5 Å². The van der Waals surface area contributed by atoms with Crippen molar-refractivity contribution in [2.45, 2.75) is 40.0 Å². The van der Waals surface area contributed by atoms with E-state index in [9.17, 15) is 4.39 Å². The zero-order valence-corrected chi connectivity index (χ0v) is 11.4. The summed E-state index contributed by atoms with van der Waals surface area (Å²) in [5, 5.41) is 12.0. The summed E-state index contributed by atoms with van der Waals surface area (Å²) in [6, 6.07) is 7.47. The first kappa shape index (κ1) is 14.5. The van der Waals surface area contributed by atoms with Gasteiger partial charge in [-0.15, -0.1) is 0 Å². The van der Waals surface area contributed by atoms with Gasteiger partial charge in [-0.25, -0.2) is 4.39 Å². The van der Waals surface area contributed by atoms with Gasteiger partial charge in [-0.05, 0) is 51.3 Å². The Kier molecular flexibility index (Phi) is 5.15. The number of nitrogens with zero attached hydrogens (tertiary/aromatic N) is 1. The van der Waals surface area contributed by atoms with Crippen LogP contribution in [0.2, 0.25) is 0 Å². The zero-order valence-electron chi connectivity index (χ0n) is 11.4. The number of anilines is 1. The average molecular weight is 248 g/mol. The second-order valence-corrected chi connectivity index (χ2v) is 5.36. The maximum atomic E-state index is 13.5. The summed E-state index contributed by atoms with van der Waals surface area (Å²) >= 11 is 0. The lowest BCUT2D eigenvalue weighted by molar-refractivity contribution is 0.430. The van der Waals surface area contributed by atoms with Gasteiger partial charge in [-0.2, -0.15) is 5.26 Å². The van der Waals surface area contributed by atoms with Gasteiger partial charge in [0.05, 0.1) is 17.2 Å². The first-order chi connectivity index (χ1) is 8.44. The highest BCUT2D eigenvalue weighted by molar-refractivity contribution is 5.45. The molecule has 0 saturated carbocycles. The van der Waals surface area contributed by atoms with E-state index < -0.39 is 0 Å². The molecule has 98 valence electrons. The highest BCUT2D eigenvalue weighted by atomic mass is 19.1. The van der Waals surface area contributed by atoms with Crippen molar-refractivity contribution in [3.8, 4) is 6.07 Å². The number of halogens is 1. The zero-order chi connectivity index (χ0) is 13.6. The number of rotatable bonds is 6. The van der Waals surface area contributed by atoms with Crippen molar-refractivity contribution in [3.63, 3.8) is 0 Å². The van der Waals surface area contributed by atoms with Crippen LogP contribution >= 0.6 is 0 Å². The fraction of sp³-hybridized carbons (Fsp3) is 0.533. The number of hydrogen-bond acceptors (Lipinski definition) is 2. The summed E-state index contributed by atoms with van der Waals surface area (Å²) in [5.74, 6) is -0.202. The molecular weight excluding hydrogens is 227 g/mol. The van der Waals surface area contributed by atoms with Crippen LogP contribution in [-0.2, 0) is 0 Å². The average Bonchev–Trinajstić information content (AvgIpc) is 2.31. The maximum Gasteiger partial charge on any atom is 0.146 e. The van der Waals surface area contributed by atoms with Crippen LogP contribution in [0.5, 0.6) is 0 Å². The Morgan fingerprint density at radius 1 is 1.33 bits per heavy atom. The molecule has 1 aromatic carbocycles. The maximum absolute atomic E-state index is 13.5. The molecule has 0 unspecified atom stereocenters. The van der Waals surface area contributed by atoms with E-state index in [4.69, 9.17) is 5.26 Å². The third kappa shape index (κ3) is 4.75. The van der Waals surface area contributed by atoms with Gasteiger partial charge >= 0.3 is 0 Å². The van der Waals surface area contributed by atoms with Crippen molar-refractivity contribution in [2.75, 3.05) is 11.9 Å². The normalized spacial score (nSPS) is 11.1. The van der Waals surface area contributed by atoms with Gasteiger partial charge in [-0.1, -0.05) is 12.5 Å². The van der Waals surface area contributed by atoms with Crippen LogP contribution < -0.4 is 5.32 Å². The van der Waals surface area contributed by atoms with Gasteiger partial charge in [0.25, 0.3) is 0 Å². The van der Waals surface area contributed by atoms with Crippen LogP contribution in [-0.4, -0.2) is 6.54 Å². The van der Waals surface area contributed by atoms with Gasteiger partial charge in [0.15, 0.2) is 0 Å². The summed E-state index contributed by atoms with van der Waals surface area (Å²) in [6.45, 7) is 6.50. The van der Waals surface area contributed by atoms with Crippen LogP contribution in [0.3, 0.4) is 0 Å². The van der Waals surface area contributed by atoms with Gasteiger partial charge in [-0.3, -0.25) is 0 Å². The molecule has 2 nitrogen and oxygen atoms in total. The van der Waals surface area contributed by atoms with E-state index in [0.717, 1.165) is 31.4 Å². The minimum Gasteiger partial charge on any atom is -0.383 e. The minimum absolute atomic E-state index is 0.202. The molecule has 0 amide bonds. The molecule has 3 heteroatoms. The van der Waals surface area contributed by atoms with E-state index in [0.29, 0.717) is 5.69 Å². The Morgan fingerprint density at radius 2 is 2.06 bits per heavy atom. The van der Waals surface area contributed by atoms with E-state index in [1.165, 1.54) is 6.07 Å². The summed E-state index contributed by atoms with van der Waals surface area (Å²) in [6.07, 6.45) is 2.79. The van der Waals surface area contributed by atoms with Crippen LogP contribution in [0.25, 0.3) is 0 Å². The van der Waals surface area contributed by atoms with Crippen molar-refractivity contribution in [1.29, 1.82) is 5.26 Å². The molecule has 0 radical (unpaired) electrons. The number of unbranched alkanes of at least 4 members (excludes halogenated alkanes) is 1. The fourth-order valence-electron chi connectivity index (χ4n) is 1.73. The molecule has 0 spiro atoms. The standard InChI is InChI=1S/C15H21FN2/c1-12-6-7-14(13(16)10-12)18-9-5-4-8-15(2,3)11-17/h6-7,10,18H,4-5,8-9H2,1-3H3. The van der Waals surface area contributed by atoms with E-state index >= 15 is 0 Å². The topological polar surface area (TPSA) is 35.8 Å². The molecule has 0 bridgehead atoms. The van der Waals surface area contributed by atoms with Gasteiger partial charge in [0.1, 0.15) is 5.82 Å². The van der Waals surface area contributed by atoms with Crippen molar-refractivity contribution in [1.82, 2.24) is 0 Å². The van der Waals surface area contributed by atoms with Crippen LogP contribution in [0.15, 0.2) is 18.2 Å². The largest absolute Gasteiger partial charge is 0.383 e. The number of aryl methyl sites for hydroxylation is 1. The SMILES string of the molecule is Cc1ccc(NCCCCC(C)(C)C#N)c(F)c1. The molecule has 1 aromatic rings. The lowest BCUT2D eigenvalue weighted by Crippen LogP contribution is -2.09. The Morgan fingerprint density at radius 3 is 2.67 bits per heavy atom. The number of benzene rings is 1. The molecular formula is C15H21FN2. The molecule has 1 N–H and O–H groups in total. The smallest absolute Gasteiger partial charge is 0.146 e. The molecule has 0 aliphatic heterocycles. The van der Waals surface area contributed by atoms with E-state index in [2.05, 4.69) is 11.4 Å². The predicted molar refractivity (Wildman–Crippen MR) is 72.9 cm³/mol. The van der Waals surface area contributed by atoms with Crippen LogP contribution in [0.4, 0.5) is 10.1 Å². The van der Waals surface area contributed by atoms with E-state index in [1.807, 2.05) is 26.8 Å². The summed E-state index contributed by atoms with van der Waals surface area (Å²) in [4.78, 5) is 0. The molecule has 0 aromatic heterocycles. The molecule has 0 aliphatic rings. The third-order valence-electron chi connectivity index (χ3n) is 2.97. The highest BCUT2D eigenvalue weighted by Crippen LogP contribution is 2.22. The molecule has 0 fully saturated rings. The van der Waals surface area contributed by atoms with Gasteiger partial charge in [0, 0.05) is 6.54 Å². The molecule has 18 heavy (non-hydrogen) atoms. The Bertz CT molecular complexity index is 433. The minimum atomic E-state index is -0.255. The highest BCUT2D eigenvalue weighted by Gasteiger charge is 2.15.